The van der Waals surface area contributed by atoms with Crippen LogP contribution >= 0.6 is 0 Å². The highest BCUT2D eigenvalue weighted by molar-refractivity contribution is 6.04. The van der Waals surface area contributed by atoms with Crippen molar-refractivity contribution in [2.45, 2.75) is 13.5 Å². The molecule has 7 nitrogen and oxygen atoms in total. The molecule has 4 N–H and O–H groups in total. The van der Waals surface area contributed by atoms with E-state index in [9.17, 15) is 18.4 Å². The number of carbonyl (C=O) groups excluding carboxylic acids is 1. The van der Waals surface area contributed by atoms with Crippen LogP contribution in [0.25, 0.3) is 16.6 Å². The molecule has 0 fully saturated rings. The lowest BCUT2D eigenvalue weighted by molar-refractivity contribution is -0.0497. The molecule has 146 valence electrons. The molecule has 0 bridgehead atoms. The smallest absolute Gasteiger partial charge is 0.387 e. The van der Waals surface area contributed by atoms with E-state index in [0.717, 1.165) is 7.11 Å². The van der Waals surface area contributed by atoms with Gasteiger partial charge in [0.15, 0.2) is 0 Å². The molecule has 2 aromatic carbocycles. The topological polar surface area (TPSA) is 110 Å². The van der Waals surface area contributed by atoms with Gasteiger partial charge in [-0.15, -0.1) is 0 Å². The Hall–Kier alpha value is -3.62. The normalized spacial score (nSPS) is 11.0. The van der Waals surface area contributed by atoms with Gasteiger partial charge in [-0.2, -0.15) is 8.78 Å². The maximum Gasteiger partial charge on any atom is 0.387 e. The zero-order valence-corrected chi connectivity index (χ0v) is 15.0. The van der Waals surface area contributed by atoms with Crippen LogP contribution in [-0.4, -0.2) is 24.3 Å². The molecule has 0 amide bonds. The van der Waals surface area contributed by atoms with Gasteiger partial charge < -0.3 is 20.9 Å². The average Bonchev–Trinajstić information content (AvgIpc) is 2.62. The number of hydrogen-bond acceptors (Lipinski definition) is 6. The van der Waals surface area contributed by atoms with Crippen molar-refractivity contribution >= 4 is 28.2 Å². The molecule has 0 radical (unpaired) electrons. The van der Waals surface area contributed by atoms with Crippen molar-refractivity contribution in [2.75, 3.05) is 18.6 Å². The van der Waals surface area contributed by atoms with Crippen molar-refractivity contribution < 1.29 is 23.0 Å². The SMILES string of the molecule is COC(=O)c1c(N)c2ccc(OC(F)F)cc2n(-c2ccc(N)cc2C)c1=O. The van der Waals surface area contributed by atoms with E-state index >= 15 is 0 Å². The van der Waals surface area contributed by atoms with Gasteiger partial charge in [-0.1, -0.05) is 0 Å². The van der Waals surface area contributed by atoms with E-state index in [4.69, 9.17) is 11.5 Å². The molecule has 0 aliphatic rings. The van der Waals surface area contributed by atoms with E-state index in [0.29, 0.717) is 22.3 Å². The molecule has 0 saturated carbocycles. The quantitative estimate of drug-likeness (QED) is 0.525. The fourth-order valence-corrected chi connectivity index (χ4v) is 3.04. The van der Waals surface area contributed by atoms with Crippen molar-refractivity contribution in [3.05, 3.63) is 57.9 Å². The second-order valence-electron chi connectivity index (χ2n) is 6.02. The number of methoxy groups -OCH3 is 1. The van der Waals surface area contributed by atoms with Gasteiger partial charge in [0.2, 0.25) is 0 Å². The Morgan fingerprint density at radius 2 is 1.86 bits per heavy atom. The van der Waals surface area contributed by atoms with Crippen molar-refractivity contribution in [1.29, 1.82) is 0 Å². The third-order valence-electron chi connectivity index (χ3n) is 4.26. The summed E-state index contributed by atoms with van der Waals surface area (Å²) >= 11 is 0. The van der Waals surface area contributed by atoms with Crippen LogP contribution < -0.4 is 21.8 Å². The van der Waals surface area contributed by atoms with E-state index in [2.05, 4.69) is 9.47 Å². The largest absolute Gasteiger partial charge is 0.465 e. The van der Waals surface area contributed by atoms with Crippen molar-refractivity contribution in [3.8, 4) is 11.4 Å². The number of hydrogen-bond donors (Lipinski definition) is 2. The van der Waals surface area contributed by atoms with Gasteiger partial charge in [0.1, 0.15) is 11.3 Å². The molecule has 0 aliphatic carbocycles. The van der Waals surface area contributed by atoms with E-state index < -0.39 is 18.1 Å². The van der Waals surface area contributed by atoms with Crippen LogP contribution in [0.3, 0.4) is 0 Å². The first-order valence-corrected chi connectivity index (χ1v) is 8.12. The molecule has 9 heteroatoms. The summed E-state index contributed by atoms with van der Waals surface area (Å²) in [5.41, 5.74) is 12.3. The molecule has 3 rings (SSSR count). The summed E-state index contributed by atoms with van der Waals surface area (Å²) in [6.07, 6.45) is 0. The molecule has 28 heavy (non-hydrogen) atoms. The summed E-state index contributed by atoms with van der Waals surface area (Å²) in [7, 11) is 1.13. The summed E-state index contributed by atoms with van der Waals surface area (Å²) in [5.74, 6) is -1.06. The number of halogens is 2. The van der Waals surface area contributed by atoms with E-state index in [-0.39, 0.29) is 22.5 Å². The molecule has 0 saturated heterocycles. The van der Waals surface area contributed by atoms with Gasteiger partial charge in [0.25, 0.3) is 5.56 Å². The number of anilines is 2. The predicted molar refractivity (Wildman–Crippen MR) is 101 cm³/mol. The molecular weight excluding hydrogens is 372 g/mol. The van der Waals surface area contributed by atoms with Crippen LogP contribution in [-0.2, 0) is 4.74 Å². The van der Waals surface area contributed by atoms with Crippen LogP contribution in [0.4, 0.5) is 20.2 Å². The van der Waals surface area contributed by atoms with Crippen molar-refractivity contribution in [2.24, 2.45) is 0 Å². The van der Waals surface area contributed by atoms with E-state index in [1.165, 1.54) is 22.8 Å². The van der Waals surface area contributed by atoms with Gasteiger partial charge in [0, 0.05) is 17.1 Å². The number of nitrogens with zero attached hydrogens (tertiary/aromatic N) is 1. The second-order valence-corrected chi connectivity index (χ2v) is 6.02. The molecule has 1 aromatic heterocycles. The number of nitrogen functional groups attached to an aromatic ring is 2. The first-order chi connectivity index (χ1) is 13.2. The number of aromatic nitrogens is 1. The fraction of sp³-hybridized carbons (Fsp3) is 0.158. The summed E-state index contributed by atoms with van der Waals surface area (Å²) < 4.78 is 35.6. The number of carbonyl (C=O) groups is 1. The average molecular weight is 389 g/mol. The third kappa shape index (κ3) is 3.22. The Labute approximate surface area is 158 Å². The minimum absolute atomic E-state index is 0.111. The molecule has 0 aliphatic heterocycles. The first kappa shape index (κ1) is 19.2. The number of pyridine rings is 1. The highest BCUT2D eigenvalue weighted by Gasteiger charge is 2.23. The van der Waals surface area contributed by atoms with Crippen LogP contribution in [0.5, 0.6) is 5.75 Å². The van der Waals surface area contributed by atoms with Crippen molar-refractivity contribution in [3.63, 3.8) is 0 Å². The number of rotatable bonds is 4. The van der Waals surface area contributed by atoms with Crippen LogP contribution in [0, 0.1) is 6.92 Å². The highest BCUT2D eigenvalue weighted by Crippen LogP contribution is 2.30. The lowest BCUT2D eigenvalue weighted by Crippen LogP contribution is -2.28. The molecule has 0 atom stereocenters. The Kier molecular flexibility index (Phi) is 4.91. The lowest BCUT2D eigenvalue weighted by Gasteiger charge is -2.17. The Bertz CT molecular complexity index is 1140. The fourth-order valence-electron chi connectivity index (χ4n) is 3.04. The molecule has 0 unspecified atom stereocenters. The van der Waals surface area contributed by atoms with E-state index in [1.807, 2.05) is 0 Å². The molecular formula is C19H17F2N3O4. The minimum Gasteiger partial charge on any atom is -0.465 e. The summed E-state index contributed by atoms with van der Waals surface area (Å²) in [5, 5.41) is 0.304. The number of aryl methyl sites for hydroxylation is 1. The number of fused-ring (bicyclic) bond motifs is 1. The van der Waals surface area contributed by atoms with Crippen LogP contribution in [0.15, 0.2) is 41.2 Å². The Balaban J connectivity index is 2.46. The van der Waals surface area contributed by atoms with E-state index in [1.54, 1.807) is 25.1 Å². The third-order valence-corrected chi connectivity index (χ3v) is 4.26. The van der Waals surface area contributed by atoms with Gasteiger partial charge in [-0.25, -0.2) is 4.79 Å². The maximum atomic E-state index is 13.1. The monoisotopic (exact) mass is 389 g/mol. The minimum atomic E-state index is -3.04. The summed E-state index contributed by atoms with van der Waals surface area (Å²) in [4.78, 5) is 25.3. The highest BCUT2D eigenvalue weighted by atomic mass is 19.3. The summed E-state index contributed by atoms with van der Waals surface area (Å²) in [6, 6.07) is 8.74. The summed E-state index contributed by atoms with van der Waals surface area (Å²) in [6.45, 7) is -1.32. The molecule has 0 spiro atoms. The first-order valence-electron chi connectivity index (χ1n) is 8.12. The number of nitrogens with two attached hydrogens (primary N) is 2. The standard InChI is InChI=1S/C19H17F2N3O4/c1-9-7-10(22)3-6-13(9)24-14-8-11(28-19(20)21)4-5-12(14)16(23)15(17(24)25)18(26)27-2/h3-8,19H,22-23H2,1-2H3. The number of ether oxygens (including phenoxy) is 2. The predicted octanol–water partition coefficient (Wildman–Crippen LogP) is 2.85. The molecule has 1 heterocycles. The van der Waals surface area contributed by atoms with Gasteiger partial charge in [-0.3, -0.25) is 9.36 Å². The van der Waals surface area contributed by atoms with Crippen molar-refractivity contribution in [1.82, 2.24) is 4.57 Å². The van der Waals surface area contributed by atoms with Crippen LogP contribution in [0.1, 0.15) is 15.9 Å². The zero-order valence-electron chi connectivity index (χ0n) is 15.0. The zero-order chi connectivity index (χ0) is 20.6. The number of esters is 1. The number of alkyl halides is 2. The Morgan fingerprint density at radius 1 is 1.14 bits per heavy atom. The maximum absolute atomic E-state index is 13.1. The lowest BCUT2D eigenvalue weighted by atomic mass is 10.1. The Morgan fingerprint density at radius 3 is 2.46 bits per heavy atom. The van der Waals surface area contributed by atoms with Gasteiger partial charge in [-0.05, 0) is 42.8 Å². The van der Waals surface area contributed by atoms with Gasteiger partial charge >= 0.3 is 12.6 Å². The second kappa shape index (κ2) is 7.18. The van der Waals surface area contributed by atoms with Crippen LogP contribution in [0.2, 0.25) is 0 Å². The molecule has 3 aromatic rings. The van der Waals surface area contributed by atoms with Gasteiger partial charge in [0.05, 0.1) is 24.0 Å². The number of benzene rings is 2.